The van der Waals surface area contributed by atoms with E-state index in [4.69, 9.17) is 29.6 Å². The Hall–Kier alpha value is -0.740. The van der Waals surface area contributed by atoms with Gasteiger partial charge in [0.1, 0.15) is 19.7 Å². The predicted molar refractivity (Wildman–Crippen MR) is 86.9 cm³/mol. The van der Waals surface area contributed by atoms with Crippen molar-refractivity contribution in [2.45, 2.75) is 11.3 Å². The number of hydrogen-bond donors (Lipinski definition) is 2. The minimum absolute atomic E-state index is 0.00276. The van der Waals surface area contributed by atoms with Crippen LogP contribution in [-0.4, -0.2) is 40.4 Å². The van der Waals surface area contributed by atoms with Crippen LogP contribution in [0.1, 0.15) is 12.0 Å². The zero-order chi connectivity index (χ0) is 16.3. The first-order valence-corrected chi connectivity index (χ1v) is 10.1. The summed E-state index contributed by atoms with van der Waals surface area (Å²) in [5, 5.41) is -0.00378. The molecule has 0 spiro atoms. The van der Waals surface area contributed by atoms with Crippen LogP contribution in [0, 0.1) is 0 Å². The molecule has 21 heavy (non-hydrogen) atoms. The molecule has 0 unspecified atom stereocenters. The van der Waals surface area contributed by atoms with Gasteiger partial charge in [-0.05, 0) is 18.6 Å². The van der Waals surface area contributed by atoms with E-state index in [-0.39, 0.29) is 33.6 Å². The molecule has 118 valence electrons. The van der Waals surface area contributed by atoms with Gasteiger partial charge in [-0.2, -0.15) is 0 Å². The first-order valence-electron chi connectivity index (χ1n) is 5.80. The lowest BCUT2D eigenvalue weighted by Crippen LogP contribution is -2.26. The van der Waals surface area contributed by atoms with Crippen molar-refractivity contribution in [1.82, 2.24) is 4.72 Å². The lowest BCUT2D eigenvalue weighted by Gasteiger charge is -2.09. The summed E-state index contributed by atoms with van der Waals surface area (Å²) in [6.07, 6.45) is 1.27. The van der Waals surface area contributed by atoms with Gasteiger partial charge in [0, 0.05) is 18.4 Å². The second kappa shape index (κ2) is 7.01. The van der Waals surface area contributed by atoms with Gasteiger partial charge in [0.2, 0.25) is 10.0 Å². The van der Waals surface area contributed by atoms with E-state index >= 15 is 0 Å². The van der Waals surface area contributed by atoms with E-state index in [0.717, 1.165) is 6.26 Å². The molecule has 0 aliphatic rings. The number of benzene rings is 1. The number of thiocarbonyl (C=S) groups is 1. The maximum Gasteiger partial charge on any atom is 0.242 e. The normalized spacial score (nSPS) is 12.3. The Morgan fingerprint density at radius 3 is 2.43 bits per heavy atom. The summed E-state index contributed by atoms with van der Waals surface area (Å²) in [6.45, 7) is 0.00276. The van der Waals surface area contributed by atoms with Gasteiger partial charge in [0.15, 0.2) is 0 Å². The van der Waals surface area contributed by atoms with Gasteiger partial charge in [0.25, 0.3) is 0 Å². The highest BCUT2D eigenvalue weighted by atomic mass is 35.5. The molecule has 0 saturated heterocycles. The van der Waals surface area contributed by atoms with Crippen LogP contribution in [0.25, 0.3) is 0 Å². The standard InChI is InChI=1S/C11H15ClN2O4S3/c1-20(15,16)6-2-5-14-21(17,18)10-4-3-8(11(13)19)7-9(10)12/h3-4,7,14H,2,5-6H2,1H3,(H2,13,19). The molecular weight excluding hydrogens is 356 g/mol. The third-order valence-electron chi connectivity index (χ3n) is 2.49. The molecule has 1 rings (SSSR count). The highest BCUT2D eigenvalue weighted by molar-refractivity contribution is 7.90. The minimum Gasteiger partial charge on any atom is -0.389 e. The fourth-order valence-corrected chi connectivity index (χ4v) is 3.90. The largest absolute Gasteiger partial charge is 0.389 e. The van der Waals surface area contributed by atoms with Crippen LogP contribution in [0.3, 0.4) is 0 Å². The van der Waals surface area contributed by atoms with Crippen LogP contribution >= 0.6 is 23.8 Å². The summed E-state index contributed by atoms with van der Waals surface area (Å²) >= 11 is 10.7. The molecule has 1 aromatic carbocycles. The molecule has 0 heterocycles. The quantitative estimate of drug-likeness (QED) is 0.540. The Morgan fingerprint density at radius 1 is 1.33 bits per heavy atom. The van der Waals surface area contributed by atoms with Gasteiger partial charge in [-0.15, -0.1) is 0 Å². The highest BCUT2D eigenvalue weighted by Crippen LogP contribution is 2.22. The molecule has 0 saturated carbocycles. The first-order chi connectivity index (χ1) is 9.53. The number of hydrogen-bond acceptors (Lipinski definition) is 5. The fourth-order valence-electron chi connectivity index (χ4n) is 1.49. The average molecular weight is 371 g/mol. The molecule has 0 bridgehead atoms. The molecular formula is C11H15ClN2O4S3. The predicted octanol–water partition coefficient (Wildman–Crippen LogP) is 0.687. The van der Waals surface area contributed by atoms with E-state index in [1.54, 1.807) is 0 Å². The smallest absolute Gasteiger partial charge is 0.242 e. The van der Waals surface area contributed by atoms with Gasteiger partial charge >= 0.3 is 0 Å². The molecule has 0 aromatic heterocycles. The van der Waals surface area contributed by atoms with Crippen molar-refractivity contribution in [1.29, 1.82) is 0 Å². The van der Waals surface area contributed by atoms with Crippen molar-refractivity contribution < 1.29 is 16.8 Å². The van der Waals surface area contributed by atoms with Crippen molar-refractivity contribution in [3.63, 3.8) is 0 Å². The van der Waals surface area contributed by atoms with E-state index in [0.29, 0.717) is 5.56 Å². The lowest BCUT2D eigenvalue weighted by molar-refractivity contribution is 0.577. The van der Waals surface area contributed by atoms with Crippen molar-refractivity contribution >= 4 is 48.7 Å². The number of sulfonamides is 1. The van der Waals surface area contributed by atoms with Crippen molar-refractivity contribution in [2.24, 2.45) is 5.73 Å². The Bertz CT molecular complexity index is 745. The van der Waals surface area contributed by atoms with Gasteiger partial charge < -0.3 is 5.73 Å². The Kier molecular flexibility index (Phi) is 6.11. The van der Waals surface area contributed by atoms with Gasteiger partial charge in [0.05, 0.1) is 10.8 Å². The number of nitrogens with two attached hydrogens (primary N) is 1. The summed E-state index contributed by atoms with van der Waals surface area (Å²) in [6, 6.07) is 4.13. The maximum absolute atomic E-state index is 12.0. The summed E-state index contributed by atoms with van der Waals surface area (Å²) in [5.41, 5.74) is 5.90. The summed E-state index contributed by atoms with van der Waals surface area (Å²) < 4.78 is 48.3. The second-order valence-electron chi connectivity index (χ2n) is 4.39. The molecule has 0 amide bonds. The van der Waals surface area contributed by atoms with Crippen LogP contribution in [0.4, 0.5) is 0 Å². The minimum atomic E-state index is -3.81. The van der Waals surface area contributed by atoms with E-state index < -0.39 is 19.9 Å². The Morgan fingerprint density at radius 2 is 1.95 bits per heavy atom. The van der Waals surface area contributed by atoms with Crippen LogP contribution in [0.5, 0.6) is 0 Å². The Labute approximate surface area is 134 Å². The monoisotopic (exact) mass is 370 g/mol. The van der Waals surface area contributed by atoms with Crippen molar-refractivity contribution in [3.8, 4) is 0 Å². The molecule has 0 aliphatic heterocycles. The van der Waals surface area contributed by atoms with Crippen molar-refractivity contribution in [3.05, 3.63) is 28.8 Å². The maximum atomic E-state index is 12.0. The number of sulfone groups is 1. The topological polar surface area (TPSA) is 106 Å². The highest BCUT2D eigenvalue weighted by Gasteiger charge is 2.18. The van der Waals surface area contributed by atoms with E-state index in [9.17, 15) is 16.8 Å². The molecule has 0 aliphatic carbocycles. The van der Waals surface area contributed by atoms with Crippen molar-refractivity contribution in [2.75, 3.05) is 18.6 Å². The van der Waals surface area contributed by atoms with Crippen LogP contribution in [0.2, 0.25) is 5.02 Å². The zero-order valence-electron chi connectivity index (χ0n) is 11.2. The number of halogens is 1. The molecule has 6 nitrogen and oxygen atoms in total. The molecule has 3 N–H and O–H groups in total. The fraction of sp³-hybridized carbons (Fsp3) is 0.364. The third-order valence-corrected chi connectivity index (χ3v) is 5.70. The molecule has 0 radical (unpaired) electrons. The first kappa shape index (κ1) is 18.3. The van der Waals surface area contributed by atoms with E-state index in [2.05, 4.69) is 4.72 Å². The number of rotatable bonds is 7. The van der Waals surface area contributed by atoms with E-state index in [1.807, 2.05) is 0 Å². The summed E-state index contributed by atoms with van der Waals surface area (Å²) in [7, 11) is -6.93. The van der Waals surface area contributed by atoms with Crippen LogP contribution in [0.15, 0.2) is 23.1 Å². The average Bonchev–Trinajstić information content (AvgIpc) is 2.33. The van der Waals surface area contributed by atoms with Gasteiger partial charge in [-0.25, -0.2) is 21.6 Å². The summed E-state index contributed by atoms with van der Waals surface area (Å²) in [5.74, 6) is -0.0936. The second-order valence-corrected chi connectivity index (χ2v) is 9.23. The van der Waals surface area contributed by atoms with Gasteiger partial charge in [-0.3, -0.25) is 0 Å². The zero-order valence-corrected chi connectivity index (χ0v) is 14.4. The Balaban J connectivity index is 2.81. The van der Waals surface area contributed by atoms with E-state index in [1.165, 1.54) is 18.2 Å². The van der Waals surface area contributed by atoms with Crippen LogP contribution < -0.4 is 10.5 Å². The third kappa shape index (κ3) is 5.87. The molecule has 1 aromatic rings. The molecule has 10 heteroatoms. The molecule has 0 atom stereocenters. The van der Waals surface area contributed by atoms with Crippen LogP contribution in [-0.2, 0) is 19.9 Å². The van der Waals surface area contributed by atoms with Gasteiger partial charge in [-0.1, -0.05) is 29.9 Å². The number of nitrogens with one attached hydrogen (secondary N) is 1. The lowest BCUT2D eigenvalue weighted by atomic mass is 10.2. The summed E-state index contributed by atoms with van der Waals surface area (Å²) in [4.78, 5) is 0.00508. The molecule has 0 fully saturated rings. The SMILES string of the molecule is CS(=O)(=O)CCCNS(=O)(=O)c1ccc(C(N)=S)cc1Cl.